The summed E-state index contributed by atoms with van der Waals surface area (Å²) in [5.41, 5.74) is 2.94. The second kappa shape index (κ2) is 6.86. The Morgan fingerprint density at radius 1 is 1.00 bits per heavy atom. The SMILES string of the molecule is O=C(O)c1cc(Cc2ccccc2)cc(C2CCCCC2)c1O. The zero-order chi connectivity index (χ0) is 16.2. The first-order valence-electron chi connectivity index (χ1n) is 8.28. The number of hydrogen-bond acceptors (Lipinski definition) is 2. The van der Waals surface area contributed by atoms with Crippen molar-refractivity contribution >= 4 is 5.97 Å². The van der Waals surface area contributed by atoms with Crippen LogP contribution in [-0.2, 0) is 6.42 Å². The molecule has 1 aliphatic carbocycles. The molecule has 2 aromatic rings. The lowest BCUT2D eigenvalue weighted by atomic mass is 9.82. The van der Waals surface area contributed by atoms with E-state index in [2.05, 4.69) is 0 Å². The average molecular weight is 310 g/mol. The van der Waals surface area contributed by atoms with Crippen LogP contribution in [0.1, 0.15) is 65.1 Å². The predicted molar refractivity (Wildman–Crippen MR) is 90.1 cm³/mol. The molecule has 0 amide bonds. The summed E-state index contributed by atoms with van der Waals surface area (Å²) in [6, 6.07) is 13.6. The molecule has 1 aliphatic rings. The smallest absolute Gasteiger partial charge is 0.339 e. The molecule has 2 N–H and O–H groups in total. The highest BCUT2D eigenvalue weighted by atomic mass is 16.4. The van der Waals surface area contributed by atoms with Crippen LogP contribution in [0.2, 0.25) is 0 Å². The Labute approximate surface area is 136 Å². The molecule has 0 unspecified atom stereocenters. The summed E-state index contributed by atoms with van der Waals surface area (Å²) in [5.74, 6) is -0.826. The van der Waals surface area contributed by atoms with Crippen LogP contribution in [0.4, 0.5) is 0 Å². The van der Waals surface area contributed by atoms with Gasteiger partial charge in [-0.3, -0.25) is 0 Å². The fraction of sp³-hybridized carbons (Fsp3) is 0.350. The predicted octanol–water partition coefficient (Wildman–Crippen LogP) is 4.73. The molecule has 0 spiro atoms. The maximum absolute atomic E-state index is 11.5. The largest absolute Gasteiger partial charge is 0.507 e. The summed E-state index contributed by atoms with van der Waals surface area (Å²) in [6.45, 7) is 0. The van der Waals surface area contributed by atoms with Gasteiger partial charge in [-0.05, 0) is 47.9 Å². The lowest BCUT2D eigenvalue weighted by Gasteiger charge is -2.24. The normalized spacial score (nSPS) is 15.5. The summed E-state index contributed by atoms with van der Waals surface area (Å²) < 4.78 is 0. The van der Waals surface area contributed by atoms with Gasteiger partial charge < -0.3 is 10.2 Å². The van der Waals surface area contributed by atoms with Crippen LogP contribution in [-0.4, -0.2) is 16.2 Å². The van der Waals surface area contributed by atoms with Gasteiger partial charge in [0.1, 0.15) is 11.3 Å². The van der Waals surface area contributed by atoms with E-state index in [-0.39, 0.29) is 17.2 Å². The third kappa shape index (κ3) is 3.55. The number of aromatic carboxylic acids is 1. The molecule has 0 aromatic heterocycles. The van der Waals surface area contributed by atoms with Gasteiger partial charge in [-0.1, -0.05) is 55.7 Å². The number of hydrogen-bond donors (Lipinski definition) is 2. The van der Waals surface area contributed by atoms with E-state index in [1.807, 2.05) is 36.4 Å². The second-order valence-corrected chi connectivity index (χ2v) is 6.38. The van der Waals surface area contributed by atoms with E-state index in [0.29, 0.717) is 6.42 Å². The Balaban J connectivity index is 1.99. The first kappa shape index (κ1) is 15.6. The third-order valence-electron chi connectivity index (χ3n) is 4.73. The number of benzene rings is 2. The van der Waals surface area contributed by atoms with Crippen LogP contribution in [0.15, 0.2) is 42.5 Å². The van der Waals surface area contributed by atoms with Gasteiger partial charge in [0, 0.05) is 0 Å². The van der Waals surface area contributed by atoms with Crippen LogP contribution in [0.25, 0.3) is 0 Å². The number of carboxylic acids is 1. The van der Waals surface area contributed by atoms with Crippen molar-refractivity contribution in [3.05, 3.63) is 64.7 Å². The maximum Gasteiger partial charge on any atom is 0.339 e. The van der Waals surface area contributed by atoms with Crippen LogP contribution >= 0.6 is 0 Å². The van der Waals surface area contributed by atoms with E-state index < -0.39 is 5.97 Å². The molecule has 0 aliphatic heterocycles. The lowest BCUT2D eigenvalue weighted by molar-refractivity contribution is 0.0693. The first-order valence-corrected chi connectivity index (χ1v) is 8.28. The van der Waals surface area contributed by atoms with Gasteiger partial charge in [0.25, 0.3) is 0 Å². The van der Waals surface area contributed by atoms with Crippen LogP contribution in [0.3, 0.4) is 0 Å². The van der Waals surface area contributed by atoms with Gasteiger partial charge in [0.2, 0.25) is 0 Å². The number of carbonyl (C=O) groups is 1. The number of phenols is 1. The molecular weight excluding hydrogens is 288 g/mol. The van der Waals surface area contributed by atoms with Gasteiger partial charge in [0.15, 0.2) is 0 Å². The van der Waals surface area contributed by atoms with Crippen molar-refractivity contribution in [1.82, 2.24) is 0 Å². The van der Waals surface area contributed by atoms with E-state index in [1.54, 1.807) is 6.07 Å². The van der Waals surface area contributed by atoms with Crippen LogP contribution in [0, 0.1) is 0 Å². The van der Waals surface area contributed by atoms with E-state index in [4.69, 9.17) is 0 Å². The molecule has 0 heterocycles. The van der Waals surface area contributed by atoms with Crippen molar-refractivity contribution < 1.29 is 15.0 Å². The highest BCUT2D eigenvalue weighted by Gasteiger charge is 2.23. The molecule has 0 bridgehead atoms. The van der Waals surface area contributed by atoms with E-state index >= 15 is 0 Å². The summed E-state index contributed by atoms with van der Waals surface area (Å²) >= 11 is 0. The van der Waals surface area contributed by atoms with Crippen molar-refractivity contribution in [1.29, 1.82) is 0 Å². The fourth-order valence-electron chi connectivity index (χ4n) is 3.54. The zero-order valence-corrected chi connectivity index (χ0v) is 13.2. The summed E-state index contributed by atoms with van der Waals surface area (Å²) in [5, 5.41) is 19.8. The van der Waals surface area contributed by atoms with Gasteiger partial charge in [-0.25, -0.2) is 4.79 Å². The Hall–Kier alpha value is -2.29. The van der Waals surface area contributed by atoms with Gasteiger partial charge in [0.05, 0.1) is 0 Å². The molecular formula is C20H22O3. The standard InChI is InChI=1S/C20H22O3/c21-19-17(16-9-5-2-6-10-16)12-15(13-18(19)20(22)23)11-14-7-3-1-4-8-14/h1,3-4,7-8,12-13,16,21H,2,5-6,9-11H2,(H,22,23). The molecule has 0 saturated heterocycles. The zero-order valence-electron chi connectivity index (χ0n) is 13.2. The quantitative estimate of drug-likeness (QED) is 0.858. The molecule has 120 valence electrons. The van der Waals surface area contributed by atoms with Crippen molar-refractivity contribution in [2.45, 2.75) is 44.4 Å². The number of aromatic hydroxyl groups is 1. The molecule has 0 atom stereocenters. The minimum Gasteiger partial charge on any atom is -0.507 e. The molecule has 1 fully saturated rings. The Kier molecular flexibility index (Phi) is 4.65. The highest BCUT2D eigenvalue weighted by molar-refractivity contribution is 5.91. The second-order valence-electron chi connectivity index (χ2n) is 6.38. The molecule has 1 saturated carbocycles. The summed E-state index contributed by atoms with van der Waals surface area (Å²) in [6.07, 6.45) is 6.27. The van der Waals surface area contributed by atoms with Crippen LogP contribution < -0.4 is 0 Å². The number of carboxylic acid groups (broad SMARTS) is 1. The van der Waals surface area contributed by atoms with Crippen molar-refractivity contribution in [2.75, 3.05) is 0 Å². The van der Waals surface area contributed by atoms with E-state index in [0.717, 1.165) is 42.4 Å². The first-order chi connectivity index (χ1) is 11.1. The Morgan fingerprint density at radius 2 is 1.70 bits per heavy atom. The molecule has 2 aromatic carbocycles. The van der Waals surface area contributed by atoms with Crippen molar-refractivity contribution in [3.63, 3.8) is 0 Å². The van der Waals surface area contributed by atoms with E-state index in [9.17, 15) is 15.0 Å². The Morgan fingerprint density at radius 3 is 2.35 bits per heavy atom. The van der Waals surface area contributed by atoms with Crippen LogP contribution in [0.5, 0.6) is 5.75 Å². The lowest BCUT2D eigenvalue weighted by Crippen LogP contribution is -2.08. The monoisotopic (exact) mass is 310 g/mol. The number of rotatable bonds is 4. The fourth-order valence-corrected chi connectivity index (χ4v) is 3.54. The van der Waals surface area contributed by atoms with Gasteiger partial charge in [-0.2, -0.15) is 0 Å². The molecule has 3 nitrogen and oxygen atoms in total. The highest BCUT2D eigenvalue weighted by Crippen LogP contribution is 2.39. The van der Waals surface area contributed by atoms with Crippen molar-refractivity contribution in [3.8, 4) is 5.75 Å². The minimum absolute atomic E-state index is 0.0269. The minimum atomic E-state index is -1.06. The third-order valence-corrected chi connectivity index (χ3v) is 4.73. The van der Waals surface area contributed by atoms with Gasteiger partial charge >= 0.3 is 5.97 Å². The summed E-state index contributed by atoms with van der Waals surface area (Å²) in [4.78, 5) is 11.5. The molecule has 3 heteroatoms. The molecule has 3 rings (SSSR count). The maximum atomic E-state index is 11.5. The molecule has 0 radical (unpaired) electrons. The van der Waals surface area contributed by atoms with E-state index in [1.165, 1.54) is 6.42 Å². The molecule has 23 heavy (non-hydrogen) atoms. The van der Waals surface area contributed by atoms with Crippen molar-refractivity contribution in [2.24, 2.45) is 0 Å². The van der Waals surface area contributed by atoms with Gasteiger partial charge in [-0.15, -0.1) is 0 Å². The topological polar surface area (TPSA) is 57.5 Å². The average Bonchev–Trinajstić information content (AvgIpc) is 2.58. The summed E-state index contributed by atoms with van der Waals surface area (Å²) in [7, 11) is 0. The Bertz CT molecular complexity index is 686.